The molecule has 1 rings (SSSR count). The fourth-order valence-corrected chi connectivity index (χ4v) is 1.98. The minimum atomic E-state index is 0.534. The zero-order chi connectivity index (χ0) is 12.5. The Morgan fingerprint density at radius 2 is 2.06 bits per heavy atom. The molecule has 17 heavy (non-hydrogen) atoms. The second-order valence-corrected chi connectivity index (χ2v) is 4.31. The maximum atomic E-state index is 5.27. The van der Waals surface area contributed by atoms with Gasteiger partial charge in [0.05, 0.1) is 12.3 Å². The molecule has 0 aliphatic rings. The van der Waals surface area contributed by atoms with Crippen LogP contribution < -0.4 is 5.32 Å². The molecular formula is C13H24N2O2. The van der Waals surface area contributed by atoms with Gasteiger partial charge in [-0.15, -0.1) is 0 Å². The first-order valence-corrected chi connectivity index (χ1v) is 6.51. The Morgan fingerprint density at radius 3 is 2.65 bits per heavy atom. The molecule has 0 bridgehead atoms. The molecule has 0 spiro atoms. The van der Waals surface area contributed by atoms with Crippen molar-refractivity contribution in [2.24, 2.45) is 0 Å². The van der Waals surface area contributed by atoms with Gasteiger partial charge in [0.1, 0.15) is 0 Å². The van der Waals surface area contributed by atoms with Crippen LogP contribution in [0.5, 0.6) is 0 Å². The normalized spacial score (nSPS) is 11.1. The molecule has 0 aliphatic carbocycles. The summed E-state index contributed by atoms with van der Waals surface area (Å²) in [6.07, 6.45) is 4.73. The number of hydrogen-bond acceptors (Lipinski definition) is 4. The zero-order valence-electron chi connectivity index (χ0n) is 11.2. The van der Waals surface area contributed by atoms with E-state index in [1.807, 2.05) is 6.07 Å². The summed E-state index contributed by atoms with van der Waals surface area (Å²) >= 11 is 0. The largest absolute Gasteiger partial charge is 0.383 e. The van der Waals surface area contributed by atoms with Crippen LogP contribution in [0.3, 0.4) is 0 Å². The molecule has 0 saturated carbocycles. The van der Waals surface area contributed by atoms with Gasteiger partial charge in [-0.2, -0.15) is 0 Å². The summed E-state index contributed by atoms with van der Waals surface area (Å²) in [6.45, 7) is 5.84. The van der Waals surface area contributed by atoms with E-state index in [1.54, 1.807) is 7.11 Å². The Balaban J connectivity index is 2.51. The highest BCUT2D eigenvalue weighted by molar-refractivity contribution is 5.32. The fourth-order valence-electron chi connectivity index (χ4n) is 1.98. The molecule has 1 aromatic heterocycles. The van der Waals surface area contributed by atoms with Crippen LogP contribution >= 0.6 is 0 Å². The lowest BCUT2D eigenvalue weighted by atomic mass is 9.95. The van der Waals surface area contributed by atoms with E-state index in [4.69, 9.17) is 9.26 Å². The van der Waals surface area contributed by atoms with E-state index >= 15 is 0 Å². The second kappa shape index (κ2) is 8.12. The van der Waals surface area contributed by atoms with Gasteiger partial charge in [0.25, 0.3) is 0 Å². The molecule has 0 amide bonds. The van der Waals surface area contributed by atoms with Crippen LogP contribution in [0.4, 0.5) is 5.88 Å². The molecule has 1 heterocycles. The van der Waals surface area contributed by atoms with Gasteiger partial charge in [-0.05, 0) is 12.8 Å². The van der Waals surface area contributed by atoms with Gasteiger partial charge >= 0.3 is 0 Å². The molecule has 0 radical (unpaired) electrons. The van der Waals surface area contributed by atoms with Crippen LogP contribution in [-0.4, -0.2) is 25.4 Å². The topological polar surface area (TPSA) is 47.3 Å². The smallest absolute Gasteiger partial charge is 0.224 e. The summed E-state index contributed by atoms with van der Waals surface area (Å²) in [5.74, 6) is 1.28. The van der Waals surface area contributed by atoms with Crippen LogP contribution in [0, 0.1) is 0 Å². The van der Waals surface area contributed by atoms with Crippen molar-refractivity contribution < 1.29 is 9.26 Å². The maximum Gasteiger partial charge on any atom is 0.224 e. The second-order valence-electron chi connectivity index (χ2n) is 4.31. The van der Waals surface area contributed by atoms with Gasteiger partial charge in [-0.25, -0.2) is 0 Å². The van der Waals surface area contributed by atoms with Crippen molar-refractivity contribution >= 4 is 5.88 Å². The SMILES string of the molecule is CCCC(CCC)c1cc(NCCOC)on1. The molecule has 0 aromatic carbocycles. The van der Waals surface area contributed by atoms with E-state index < -0.39 is 0 Å². The molecule has 0 atom stereocenters. The Hall–Kier alpha value is -1.03. The van der Waals surface area contributed by atoms with E-state index in [0.29, 0.717) is 12.5 Å². The maximum absolute atomic E-state index is 5.27. The predicted octanol–water partition coefficient (Wildman–Crippen LogP) is 3.42. The molecule has 1 aromatic rings. The molecule has 98 valence electrons. The van der Waals surface area contributed by atoms with Crippen LogP contribution in [0.1, 0.15) is 51.1 Å². The lowest BCUT2D eigenvalue weighted by Gasteiger charge is -2.10. The van der Waals surface area contributed by atoms with Crippen molar-refractivity contribution in [3.8, 4) is 0 Å². The summed E-state index contributed by atoms with van der Waals surface area (Å²) in [7, 11) is 1.69. The minimum absolute atomic E-state index is 0.534. The van der Waals surface area contributed by atoms with Gasteiger partial charge in [-0.1, -0.05) is 31.8 Å². The number of nitrogens with zero attached hydrogens (tertiary/aromatic N) is 1. The van der Waals surface area contributed by atoms with Crippen molar-refractivity contribution in [2.75, 3.05) is 25.6 Å². The van der Waals surface area contributed by atoms with Gasteiger partial charge < -0.3 is 14.6 Å². The van der Waals surface area contributed by atoms with Gasteiger partial charge in [0.2, 0.25) is 5.88 Å². The minimum Gasteiger partial charge on any atom is -0.383 e. The third-order valence-electron chi connectivity index (χ3n) is 2.83. The molecule has 0 fully saturated rings. The van der Waals surface area contributed by atoms with Crippen molar-refractivity contribution in [3.63, 3.8) is 0 Å². The molecule has 0 aliphatic heterocycles. The van der Waals surface area contributed by atoms with Gasteiger partial charge in [0, 0.05) is 25.6 Å². The number of anilines is 1. The van der Waals surface area contributed by atoms with E-state index in [2.05, 4.69) is 24.3 Å². The predicted molar refractivity (Wildman–Crippen MR) is 69.4 cm³/mol. The first kappa shape index (κ1) is 14.0. The molecular weight excluding hydrogens is 216 g/mol. The molecule has 0 unspecified atom stereocenters. The van der Waals surface area contributed by atoms with Crippen LogP contribution in [0.25, 0.3) is 0 Å². The molecule has 4 heteroatoms. The first-order chi connectivity index (χ1) is 8.31. The van der Waals surface area contributed by atoms with E-state index in [-0.39, 0.29) is 0 Å². The quantitative estimate of drug-likeness (QED) is 0.672. The Bertz CT molecular complexity index is 293. The lowest BCUT2D eigenvalue weighted by molar-refractivity contribution is 0.210. The summed E-state index contributed by atoms with van der Waals surface area (Å²) in [6, 6.07) is 2.02. The highest BCUT2D eigenvalue weighted by Gasteiger charge is 2.14. The number of nitrogens with one attached hydrogen (secondary N) is 1. The highest BCUT2D eigenvalue weighted by atomic mass is 16.5. The Morgan fingerprint density at radius 1 is 1.35 bits per heavy atom. The van der Waals surface area contributed by atoms with Crippen LogP contribution in [-0.2, 0) is 4.74 Å². The van der Waals surface area contributed by atoms with Crippen molar-refractivity contribution in [3.05, 3.63) is 11.8 Å². The summed E-state index contributed by atoms with van der Waals surface area (Å²) in [5.41, 5.74) is 1.08. The summed E-state index contributed by atoms with van der Waals surface area (Å²) in [4.78, 5) is 0. The number of rotatable bonds is 9. The van der Waals surface area contributed by atoms with Gasteiger partial charge in [-0.3, -0.25) is 0 Å². The van der Waals surface area contributed by atoms with E-state index in [1.165, 1.54) is 25.7 Å². The average molecular weight is 240 g/mol. The van der Waals surface area contributed by atoms with Gasteiger partial charge in [0.15, 0.2) is 0 Å². The monoisotopic (exact) mass is 240 g/mol. The number of ether oxygens (including phenoxy) is 1. The Labute approximate surface area is 104 Å². The molecule has 4 nitrogen and oxygen atoms in total. The standard InChI is InChI=1S/C13H24N2O2/c1-4-6-11(7-5-2)12-10-13(17-15-12)14-8-9-16-3/h10-11,14H,4-9H2,1-3H3. The number of hydrogen-bond donors (Lipinski definition) is 1. The third kappa shape index (κ3) is 4.77. The average Bonchev–Trinajstić information content (AvgIpc) is 2.78. The van der Waals surface area contributed by atoms with Crippen molar-refractivity contribution in [1.29, 1.82) is 0 Å². The van der Waals surface area contributed by atoms with Crippen molar-refractivity contribution in [1.82, 2.24) is 5.16 Å². The molecule has 1 N–H and O–H groups in total. The molecule has 0 saturated heterocycles. The third-order valence-corrected chi connectivity index (χ3v) is 2.83. The summed E-state index contributed by atoms with van der Waals surface area (Å²) in [5, 5.41) is 7.31. The first-order valence-electron chi connectivity index (χ1n) is 6.51. The Kier molecular flexibility index (Phi) is 6.70. The van der Waals surface area contributed by atoms with E-state index in [9.17, 15) is 0 Å². The van der Waals surface area contributed by atoms with E-state index in [0.717, 1.165) is 18.1 Å². The lowest BCUT2D eigenvalue weighted by Crippen LogP contribution is -2.06. The van der Waals surface area contributed by atoms with Crippen LogP contribution in [0.2, 0.25) is 0 Å². The number of methoxy groups -OCH3 is 1. The van der Waals surface area contributed by atoms with Crippen molar-refractivity contribution in [2.45, 2.75) is 45.4 Å². The summed E-state index contributed by atoms with van der Waals surface area (Å²) < 4.78 is 10.2. The fraction of sp³-hybridized carbons (Fsp3) is 0.769. The highest BCUT2D eigenvalue weighted by Crippen LogP contribution is 2.27. The van der Waals surface area contributed by atoms with Crippen LogP contribution in [0.15, 0.2) is 10.6 Å². The number of aromatic nitrogens is 1. The zero-order valence-corrected chi connectivity index (χ0v) is 11.2.